The molecule has 0 aliphatic heterocycles. The molecule has 0 atom stereocenters. The molecule has 0 amide bonds. The molecule has 1 aromatic rings. The van der Waals surface area contributed by atoms with Gasteiger partial charge in [-0.25, -0.2) is 0 Å². The largest absolute Gasteiger partial charge is 0.396 e. The number of aryl methyl sites for hydroxylation is 3. The lowest BCUT2D eigenvalue weighted by molar-refractivity contribution is 0.288. The van der Waals surface area contributed by atoms with Crippen LogP contribution in [0.15, 0.2) is 12.1 Å². The van der Waals surface area contributed by atoms with Gasteiger partial charge in [-0.2, -0.15) is 0 Å². The maximum atomic E-state index is 9.11. The number of hydrogen-bond acceptors (Lipinski definition) is 1. The van der Waals surface area contributed by atoms with E-state index in [4.69, 9.17) is 5.11 Å². The fourth-order valence-electron chi connectivity index (χ4n) is 2.86. The second-order valence-corrected chi connectivity index (χ2v) is 5.47. The summed E-state index contributed by atoms with van der Waals surface area (Å²) in [6, 6.07) is 4.83. The highest BCUT2D eigenvalue weighted by atomic mass is 16.2. The van der Waals surface area contributed by atoms with Crippen LogP contribution in [0.5, 0.6) is 0 Å². The Labute approximate surface area is 119 Å². The van der Waals surface area contributed by atoms with Crippen LogP contribution in [0.4, 0.5) is 0 Å². The molecule has 0 aromatic heterocycles. The smallest absolute Gasteiger partial charge is 0.0434 e. The van der Waals surface area contributed by atoms with E-state index in [-0.39, 0.29) is 0 Å². The molecular weight excluding hydrogens is 232 g/mol. The lowest BCUT2D eigenvalue weighted by Gasteiger charge is -2.17. The fraction of sp³-hybridized carbons (Fsp3) is 0.667. The van der Waals surface area contributed by atoms with Crippen molar-refractivity contribution in [2.75, 3.05) is 6.61 Å². The van der Waals surface area contributed by atoms with Crippen molar-refractivity contribution >= 4 is 0 Å². The summed E-state index contributed by atoms with van der Waals surface area (Å²) in [6.45, 7) is 7.05. The van der Waals surface area contributed by atoms with Gasteiger partial charge in [-0.3, -0.25) is 0 Å². The SMILES string of the molecule is CCCc1cc(CCC)c(CCCO)c(CCC)c1. The Kier molecular flexibility index (Phi) is 7.81. The molecular formula is C18H30O. The molecule has 0 spiro atoms. The standard InChI is InChI=1S/C18H30O/c1-4-8-15-13-16(9-5-2)18(11-7-12-19)17(14-15)10-6-3/h13-14,19H,4-12H2,1-3H3. The Balaban J connectivity index is 3.11. The van der Waals surface area contributed by atoms with Crippen molar-refractivity contribution in [3.63, 3.8) is 0 Å². The number of aliphatic hydroxyl groups excluding tert-OH is 1. The molecule has 0 radical (unpaired) electrons. The van der Waals surface area contributed by atoms with E-state index in [0.29, 0.717) is 6.61 Å². The Bertz CT molecular complexity index is 341. The quantitative estimate of drug-likeness (QED) is 0.696. The molecule has 1 N–H and O–H groups in total. The van der Waals surface area contributed by atoms with E-state index >= 15 is 0 Å². The molecule has 0 heterocycles. The topological polar surface area (TPSA) is 20.2 Å². The fourth-order valence-corrected chi connectivity index (χ4v) is 2.86. The molecule has 0 bridgehead atoms. The van der Waals surface area contributed by atoms with Gasteiger partial charge >= 0.3 is 0 Å². The van der Waals surface area contributed by atoms with Crippen molar-refractivity contribution in [1.82, 2.24) is 0 Å². The molecule has 0 fully saturated rings. The van der Waals surface area contributed by atoms with Crippen LogP contribution in [0.1, 0.15) is 68.7 Å². The van der Waals surface area contributed by atoms with Crippen LogP contribution in [-0.4, -0.2) is 11.7 Å². The van der Waals surface area contributed by atoms with E-state index in [1.165, 1.54) is 60.8 Å². The number of aliphatic hydroxyl groups is 1. The van der Waals surface area contributed by atoms with Crippen LogP contribution in [0.25, 0.3) is 0 Å². The predicted molar refractivity (Wildman–Crippen MR) is 83.8 cm³/mol. The van der Waals surface area contributed by atoms with Crippen molar-refractivity contribution in [3.8, 4) is 0 Å². The summed E-state index contributed by atoms with van der Waals surface area (Å²) >= 11 is 0. The maximum absolute atomic E-state index is 9.11. The predicted octanol–water partition coefficient (Wildman–Crippen LogP) is 4.47. The summed E-state index contributed by atoms with van der Waals surface area (Å²) in [6.07, 6.45) is 9.08. The molecule has 0 aliphatic rings. The molecule has 1 nitrogen and oxygen atoms in total. The second-order valence-electron chi connectivity index (χ2n) is 5.47. The van der Waals surface area contributed by atoms with Gasteiger partial charge in [0.15, 0.2) is 0 Å². The molecule has 108 valence electrons. The first-order chi connectivity index (χ1) is 9.26. The molecule has 1 heteroatoms. The van der Waals surface area contributed by atoms with E-state index in [9.17, 15) is 0 Å². The van der Waals surface area contributed by atoms with Crippen molar-refractivity contribution in [3.05, 3.63) is 34.4 Å². The van der Waals surface area contributed by atoms with Crippen LogP contribution in [-0.2, 0) is 25.7 Å². The summed E-state index contributed by atoms with van der Waals surface area (Å²) in [4.78, 5) is 0. The first-order valence-corrected chi connectivity index (χ1v) is 8.01. The van der Waals surface area contributed by atoms with Gasteiger partial charge in [0.25, 0.3) is 0 Å². The minimum atomic E-state index is 0.299. The summed E-state index contributed by atoms with van der Waals surface area (Å²) in [5.74, 6) is 0. The molecule has 0 saturated heterocycles. The van der Waals surface area contributed by atoms with Crippen molar-refractivity contribution < 1.29 is 5.11 Å². The van der Waals surface area contributed by atoms with Crippen molar-refractivity contribution in [2.24, 2.45) is 0 Å². The molecule has 1 aromatic carbocycles. The average Bonchev–Trinajstić information content (AvgIpc) is 2.39. The summed E-state index contributed by atoms with van der Waals surface area (Å²) < 4.78 is 0. The van der Waals surface area contributed by atoms with Gasteiger partial charge in [-0.05, 0) is 54.4 Å². The normalized spacial score (nSPS) is 10.9. The van der Waals surface area contributed by atoms with E-state index in [0.717, 1.165) is 12.8 Å². The van der Waals surface area contributed by atoms with E-state index in [2.05, 4.69) is 32.9 Å². The number of benzene rings is 1. The Morgan fingerprint density at radius 3 is 1.74 bits per heavy atom. The summed E-state index contributed by atoms with van der Waals surface area (Å²) in [5, 5.41) is 9.11. The highest BCUT2D eigenvalue weighted by Gasteiger charge is 2.10. The summed E-state index contributed by atoms with van der Waals surface area (Å²) in [5.41, 5.74) is 6.09. The first kappa shape index (κ1) is 16.2. The van der Waals surface area contributed by atoms with E-state index in [1.807, 2.05) is 0 Å². The Morgan fingerprint density at radius 1 is 0.789 bits per heavy atom. The Hall–Kier alpha value is -0.820. The van der Waals surface area contributed by atoms with Crippen molar-refractivity contribution in [2.45, 2.75) is 72.1 Å². The van der Waals surface area contributed by atoms with Gasteiger partial charge in [0, 0.05) is 6.61 Å². The zero-order chi connectivity index (χ0) is 14.1. The average molecular weight is 262 g/mol. The number of hydrogen-bond donors (Lipinski definition) is 1. The minimum Gasteiger partial charge on any atom is -0.396 e. The van der Waals surface area contributed by atoms with Gasteiger partial charge in [0.2, 0.25) is 0 Å². The van der Waals surface area contributed by atoms with Crippen LogP contribution in [0.2, 0.25) is 0 Å². The van der Waals surface area contributed by atoms with Crippen LogP contribution >= 0.6 is 0 Å². The van der Waals surface area contributed by atoms with Gasteiger partial charge in [0.1, 0.15) is 0 Å². The van der Waals surface area contributed by atoms with E-state index in [1.54, 1.807) is 0 Å². The monoisotopic (exact) mass is 262 g/mol. The lowest BCUT2D eigenvalue weighted by Crippen LogP contribution is -2.04. The van der Waals surface area contributed by atoms with Crippen LogP contribution in [0.3, 0.4) is 0 Å². The molecule has 19 heavy (non-hydrogen) atoms. The van der Waals surface area contributed by atoms with Crippen molar-refractivity contribution in [1.29, 1.82) is 0 Å². The van der Waals surface area contributed by atoms with Gasteiger partial charge < -0.3 is 5.11 Å². The highest BCUT2D eigenvalue weighted by Crippen LogP contribution is 2.23. The maximum Gasteiger partial charge on any atom is 0.0434 e. The third-order valence-corrected chi connectivity index (χ3v) is 3.66. The van der Waals surface area contributed by atoms with Crippen LogP contribution < -0.4 is 0 Å². The van der Waals surface area contributed by atoms with Gasteiger partial charge in [0.05, 0.1) is 0 Å². The van der Waals surface area contributed by atoms with Gasteiger partial charge in [-0.1, -0.05) is 52.2 Å². The Morgan fingerprint density at radius 2 is 1.32 bits per heavy atom. The number of rotatable bonds is 9. The third-order valence-electron chi connectivity index (χ3n) is 3.66. The molecule has 0 aliphatic carbocycles. The molecule has 0 saturated carbocycles. The zero-order valence-corrected chi connectivity index (χ0v) is 13.0. The molecule has 0 unspecified atom stereocenters. The lowest BCUT2D eigenvalue weighted by atomic mass is 9.89. The first-order valence-electron chi connectivity index (χ1n) is 8.01. The van der Waals surface area contributed by atoms with Crippen LogP contribution in [0, 0.1) is 0 Å². The van der Waals surface area contributed by atoms with E-state index < -0.39 is 0 Å². The highest BCUT2D eigenvalue weighted by molar-refractivity contribution is 5.40. The van der Waals surface area contributed by atoms with Gasteiger partial charge in [-0.15, -0.1) is 0 Å². The third kappa shape index (κ3) is 4.99. The minimum absolute atomic E-state index is 0.299. The second kappa shape index (κ2) is 9.14. The summed E-state index contributed by atoms with van der Waals surface area (Å²) in [7, 11) is 0. The zero-order valence-electron chi connectivity index (χ0n) is 13.0. The molecule has 1 rings (SSSR count).